The van der Waals surface area contributed by atoms with Crippen molar-refractivity contribution in [2.45, 2.75) is 25.9 Å². The highest BCUT2D eigenvalue weighted by Gasteiger charge is 2.28. The Bertz CT molecular complexity index is 1160. The number of nitriles is 1. The van der Waals surface area contributed by atoms with E-state index in [1.54, 1.807) is 55.5 Å². The molecule has 0 saturated heterocycles. The van der Waals surface area contributed by atoms with Crippen molar-refractivity contribution in [2.75, 3.05) is 0 Å². The average Bonchev–Trinajstić information content (AvgIpc) is 2.74. The first-order valence-electron chi connectivity index (χ1n) is 9.38. The number of benzene rings is 3. The van der Waals surface area contributed by atoms with Gasteiger partial charge in [-0.1, -0.05) is 59.1 Å². The monoisotopic (exact) mass is 473 g/mol. The average molecular weight is 475 g/mol. The van der Waals surface area contributed by atoms with E-state index in [9.17, 15) is 10.1 Å². The number of carbonyl (C=O) groups excluding carboxylic acids is 1. The number of Topliss-reactive ketones (excluding diaryl/α,β-unsaturated/α-hetero) is 1. The Kier molecular flexibility index (Phi) is 7.46. The Morgan fingerprint density at radius 2 is 1.61 bits per heavy atom. The molecule has 7 heteroatoms. The van der Waals surface area contributed by atoms with Gasteiger partial charge in [0.05, 0.1) is 21.1 Å². The maximum Gasteiger partial charge on any atom is 0.194 e. The van der Waals surface area contributed by atoms with Crippen LogP contribution in [0.5, 0.6) is 17.2 Å². The summed E-state index contributed by atoms with van der Waals surface area (Å²) in [6.45, 7) is 3.51. The molecule has 4 nitrogen and oxygen atoms in total. The molecule has 0 N–H and O–H groups in total. The molecule has 0 aliphatic rings. The van der Waals surface area contributed by atoms with Gasteiger partial charge in [-0.3, -0.25) is 4.79 Å². The minimum Gasteiger partial charge on any atom is -0.479 e. The number of ketones is 1. The van der Waals surface area contributed by atoms with E-state index in [4.69, 9.17) is 44.3 Å². The molecule has 0 radical (unpaired) electrons. The van der Waals surface area contributed by atoms with Crippen molar-refractivity contribution < 1.29 is 14.3 Å². The van der Waals surface area contributed by atoms with Crippen LogP contribution in [-0.4, -0.2) is 11.9 Å². The Balaban J connectivity index is 1.81. The number of carbonyl (C=O) groups is 1. The molecule has 3 aromatic carbocycles. The fourth-order valence-electron chi connectivity index (χ4n) is 2.92. The smallest absolute Gasteiger partial charge is 0.194 e. The van der Waals surface area contributed by atoms with E-state index in [2.05, 4.69) is 0 Å². The topological polar surface area (TPSA) is 59.3 Å². The van der Waals surface area contributed by atoms with Crippen LogP contribution in [0.4, 0.5) is 0 Å². The van der Waals surface area contributed by atoms with Crippen molar-refractivity contribution in [3.63, 3.8) is 0 Å². The summed E-state index contributed by atoms with van der Waals surface area (Å²) in [6, 6.07) is 19.1. The summed E-state index contributed by atoms with van der Waals surface area (Å²) in [5.41, 5.74) is 1.46. The quantitative estimate of drug-likeness (QED) is 0.358. The lowest BCUT2D eigenvalue weighted by Crippen LogP contribution is -2.29. The normalized spacial score (nSPS) is 12.5. The highest BCUT2D eigenvalue weighted by atomic mass is 35.5. The number of rotatable bonds is 7. The molecule has 2 atom stereocenters. The molecular formula is C24H18Cl3NO3. The number of hydrogen-bond donors (Lipinski definition) is 0. The Labute approximate surface area is 195 Å². The van der Waals surface area contributed by atoms with E-state index < -0.39 is 17.8 Å². The Morgan fingerprint density at radius 3 is 2.26 bits per heavy atom. The summed E-state index contributed by atoms with van der Waals surface area (Å²) >= 11 is 18.2. The number of hydrogen-bond acceptors (Lipinski definition) is 4. The van der Waals surface area contributed by atoms with Crippen molar-refractivity contribution in [2.24, 2.45) is 0 Å². The zero-order valence-corrected chi connectivity index (χ0v) is 19.0. The summed E-state index contributed by atoms with van der Waals surface area (Å²) in [5, 5.41) is 10.7. The largest absolute Gasteiger partial charge is 0.479 e. The molecule has 3 rings (SSSR count). The maximum absolute atomic E-state index is 13.0. The molecule has 0 saturated carbocycles. The standard InChI is InChI=1S/C24H18Cl3NO3/c1-14-7-10-21(20(27)11-14)31-23-6-4-3-5-22(23)30-15(2)24(29)17(13-28)16-8-9-18(25)19(26)12-16/h3-12,15,17H,1-2H3. The molecule has 0 fully saturated rings. The van der Waals surface area contributed by atoms with Crippen LogP contribution in [0.2, 0.25) is 15.1 Å². The van der Waals surface area contributed by atoms with Crippen LogP contribution in [0.3, 0.4) is 0 Å². The zero-order chi connectivity index (χ0) is 22.5. The predicted molar refractivity (Wildman–Crippen MR) is 123 cm³/mol. The van der Waals surface area contributed by atoms with Gasteiger partial charge in [0.15, 0.2) is 23.4 Å². The van der Waals surface area contributed by atoms with Gasteiger partial charge in [-0.05, 0) is 61.4 Å². The minimum atomic E-state index is -1.05. The minimum absolute atomic E-state index is 0.273. The first kappa shape index (κ1) is 23.0. The number of para-hydroxylation sites is 2. The van der Waals surface area contributed by atoms with Crippen LogP contribution in [0.1, 0.15) is 24.0 Å². The van der Waals surface area contributed by atoms with Gasteiger partial charge >= 0.3 is 0 Å². The van der Waals surface area contributed by atoms with Crippen LogP contribution >= 0.6 is 34.8 Å². The van der Waals surface area contributed by atoms with E-state index in [-0.39, 0.29) is 5.02 Å². The van der Waals surface area contributed by atoms with Gasteiger partial charge in [-0.25, -0.2) is 0 Å². The van der Waals surface area contributed by atoms with Crippen LogP contribution < -0.4 is 9.47 Å². The predicted octanol–water partition coefficient (Wildman–Crippen LogP) is 7.39. The fraction of sp³-hybridized carbons (Fsp3) is 0.167. The molecule has 0 amide bonds. The summed E-state index contributed by atoms with van der Waals surface area (Å²) in [7, 11) is 0. The summed E-state index contributed by atoms with van der Waals surface area (Å²) < 4.78 is 11.8. The van der Waals surface area contributed by atoms with Crippen LogP contribution in [0.25, 0.3) is 0 Å². The molecule has 158 valence electrons. The van der Waals surface area contributed by atoms with Crippen molar-refractivity contribution in [1.29, 1.82) is 5.26 Å². The van der Waals surface area contributed by atoms with E-state index in [1.165, 1.54) is 6.07 Å². The first-order chi connectivity index (χ1) is 14.8. The second-order valence-electron chi connectivity index (χ2n) is 6.88. The second kappa shape index (κ2) is 10.1. The second-order valence-corrected chi connectivity index (χ2v) is 8.10. The fourth-order valence-corrected chi connectivity index (χ4v) is 3.50. The number of halogens is 3. The first-order valence-corrected chi connectivity index (χ1v) is 10.5. The van der Waals surface area contributed by atoms with Crippen LogP contribution in [0, 0.1) is 18.3 Å². The lowest BCUT2D eigenvalue weighted by Gasteiger charge is -2.19. The summed E-state index contributed by atoms with van der Waals surface area (Å²) in [4.78, 5) is 13.0. The molecule has 3 aromatic rings. The van der Waals surface area contributed by atoms with Crippen molar-refractivity contribution in [3.05, 3.63) is 86.9 Å². The third-order valence-electron chi connectivity index (χ3n) is 4.55. The van der Waals surface area contributed by atoms with Gasteiger partial charge < -0.3 is 9.47 Å². The van der Waals surface area contributed by atoms with Crippen molar-refractivity contribution in [3.8, 4) is 23.3 Å². The van der Waals surface area contributed by atoms with Gasteiger partial charge in [0.25, 0.3) is 0 Å². The van der Waals surface area contributed by atoms with Crippen LogP contribution in [-0.2, 0) is 4.79 Å². The van der Waals surface area contributed by atoms with Gasteiger partial charge in [-0.15, -0.1) is 0 Å². The lowest BCUT2D eigenvalue weighted by atomic mass is 9.93. The molecule has 0 aliphatic heterocycles. The molecule has 0 heterocycles. The maximum atomic E-state index is 13.0. The van der Waals surface area contributed by atoms with E-state index in [0.29, 0.717) is 32.9 Å². The van der Waals surface area contributed by atoms with Crippen molar-refractivity contribution in [1.82, 2.24) is 0 Å². The van der Waals surface area contributed by atoms with Gasteiger partial charge in [-0.2, -0.15) is 5.26 Å². The molecule has 0 bridgehead atoms. The van der Waals surface area contributed by atoms with Crippen LogP contribution in [0.15, 0.2) is 60.7 Å². The van der Waals surface area contributed by atoms with Crippen molar-refractivity contribution >= 4 is 40.6 Å². The van der Waals surface area contributed by atoms with E-state index in [0.717, 1.165) is 5.56 Å². The van der Waals surface area contributed by atoms with Gasteiger partial charge in [0.1, 0.15) is 11.7 Å². The molecule has 0 spiro atoms. The number of ether oxygens (including phenoxy) is 2. The number of aryl methyl sites for hydroxylation is 1. The third-order valence-corrected chi connectivity index (χ3v) is 5.59. The Hall–Kier alpha value is -2.71. The lowest BCUT2D eigenvalue weighted by molar-refractivity contribution is -0.125. The summed E-state index contributed by atoms with van der Waals surface area (Å²) in [5.74, 6) is -0.247. The van der Waals surface area contributed by atoms with E-state index in [1.807, 2.05) is 19.1 Å². The molecule has 31 heavy (non-hydrogen) atoms. The molecule has 0 aliphatic carbocycles. The van der Waals surface area contributed by atoms with Gasteiger partial charge in [0, 0.05) is 0 Å². The molecule has 0 aromatic heterocycles. The SMILES string of the molecule is Cc1ccc(Oc2ccccc2OC(C)C(=O)C(C#N)c2ccc(Cl)c(Cl)c2)c(Cl)c1. The summed E-state index contributed by atoms with van der Waals surface area (Å²) in [6.07, 6.45) is -0.919. The zero-order valence-electron chi connectivity index (χ0n) is 16.7. The van der Waals surface area contributed by atoms with Gasteiger partial charge in [0.2, 0.25) is 0 Å². The molecular weight excluding hydrogens is 457 g/mol. The third kappa shape index (κ3) is 5.51. The number of nitrogens with zero attached hydrogens (tertiary/aromatic N) is 1. The van der Waals surface area contributed by atoms with E-state index >= 15 is 0 Å². The highest BCUT2D eigenvalue weighted by molar-refractivity contribution is 6.42. The highest BCUT2D eigenvalue weighted by Crippen LogP contribution is 2.36. The Morgan fingerprint density at radius 1 is 0.903 bits per heavy atom. The molecule has 2 unspecified atom stereocenters.